The van der Waals surface area contributed by atoms with Gasteiger partial charge in [-0.15, -0.1) is 0 Å². The summed E-state index contributed by atoms with van der Waals surface area (Å²) in [4.78, 5) is 0. The molecule has 4 heteroatoms. The zero-order valence-electron chi connectivity index (χ0n) is 8.17. The maximum absolute atomic E-state index is 13.2. The molecule has 0 aromatic heterocycles. The fourth-order valence-electron chi connectivity index (χ4n) is 0.691. The van der Waals surface area contributed by atoms with Crippen LogP contribution in [-0.4, -0.2) is 4.18 Å². The second kappa shape index (κ2) is 4.66. The summed E-state index contributed by atoms with van der Waals surface area (Å²) in [6, 6.07) is 0. The van der Waals surface area contributed by atoms with Crippen LogP contribution in [0.4, 0.5) is 13.2 Å². The topological polar surface area (TPSA) is 0 Å². The first kappa shape index (κ1) is 13.3. The molecule has 2 atom stereocenters. The summed E-state index contributed by atoms with van der Waals surface area (Å²) >= 11 is 1.21. The van der Waals surface area contributed by atoms with Crippen molar-refractivity contribution in [2.45, 2.75) is 31.9 Å². The molecule has 0 nitrogen and oxygen atoms in total. The largest absolute Gasteiger partial charge is 0.228 e. The summed E-state index contributed by atoms with van der Waals surface area (Å²) in [5.41, 5.74) is -0.396. The number of allylic oxidation sites excluding steroid dienone is 2. The first-order chi connectivity index (χ1) is 5.68. The van der Waals surface area contributed by atoms with E-state index in [2.05, 4.69) is 0 Å². The third-order valence-electron chi connectivity index (χ3n) is 2.10. The van der Waals surface area contributed by atoms with Crippen LogP contribution in [0.5, 0.6) is 0 Å². The van der Waals surface area contributed by atoms with E-state index in [0.29, 0.717) is 0 Å². The summed E-state index contributed by atoms with van der Waals surface area (Å²) in [7, 11) is 0. The summed E-state index contributed by atoms with van der Waals surface area (Å²) in [5, 5.41) is 0. The lowest BCUT2D eigenvalue weighted by Gasteiger charge is -2.26. The van der Waals surface area contributed by atoms with Crippen molar-refractivity contribution >= 4 is 22.6 Å². The SMILES string of the molecule is CC(/C(F)=C(/F)C(F)I)C(C)(C)C. The first-order valence-electron chi connectivity index (χ1n) is 4.01. The van der Waals surface area contributed by atoms with Crippen molar-refractivity contribution in [2.75, 3.05) is 0 Å². The predicted molar refractivity (Wildman–Crippen MR) is 56.8 cm³/mol. The summed E-state index contributed by atoms with van der Waals surface area (Å²) in [6.07, 6.45) is 0. The lowest BCUT2D eigenvalue weighted by Crippen LogP contribution is -2.19. The van der Waals surface area contributed by atoms with Crippen molar-refractivity contribution in [3.63, 3.8) is 0 Å². The minimum Gasteiger partial charge on any atom is -0.228 e. The van der Waals surface area contributed by atoms with Gasteiger partial charge in [0.2, 0.25) is 4.18 Å². The number of hydrogen-bond acceptors (Lipinski definition) is 0. The third-order valence-corrected chi connectivity index (χ3v) is 2.65. The van der Waals surface area contributed by atoms with Crippen molar-refractivity contribution in [2.24, 2.45) is 11.3 Å². The third kappa shape index (κ3) is 3.87. The molecule has 2 unspecified atom stereocenters. The van der Waals surface area contributed by atoms with Crippen LogP contribution in [0.15, 0.2) is 11.7 Å². The smallest absolute Gasteiger partial charge is 0.204 e. The van der Waals surface area contributed by atoms with Crippen LogP contribution < -0.4 is 0 Å². The van der Waals surface area contributed by atoms with Gasteiger partial charge >= 0.3 is 0 Å². The van der Waals surface area contributed by atoms with Gasteiger partial charge in [0.1, 0.15) is 5.83 Å². The molecule has 0 aliphatic heterocycles. The highest BCUT2D eigenvalue weighted by Gasteiger charge is 2.28. The molecule has 0 aliphatic rings. The number of rotatable bonds is 2. The Bertz CT molecular complexity index is 203. The molecule has 0 heterocycles. The van der Waals surface area contributed by atoms with Gasteiger partial charge in [-0.25, -0.2) is 13.2 Å². The van der Waals surface area contributed by atoms with E-state index in [9.17, 15) is 13.2 Å². The molecule has 0 fully saturated rings. The highest BCUT2D eigenvalue weighted by Crippen LogP contribution is 2.36. The fourth-order valence-corrected chi connectivity index (χ4v) is 0.989. The molecule has 0 aromatic rings. The predicted octanol–water partition coefficient (Wildman–Crippen LogP) is 4.55. The van der Waals surface area contributed by atoms with Gasteiger partial charge in [-0.3, -0.25) is 0 Å². The van der Waals surface area contributed by atoms with E-state index in [0.717, 1.165) is 0 Å². The highest BCUT2D eigenvalue weighted by molar-refractivity contribution is 14.1. The fraction of sp³-hybridized carbons (Fsp3) is 0.778. The Labute approximate surface area is 90.7 Å². The van der Waals surface area contributed by atoms with Gasteiger partial charge in [-0.05, 0) is 28.0 Å². The molecule has 13 heavy (non-hydrogen) atoms. The van der Waals surface area contributed by atoms with Crippen LogP contribution in [0.1, 0.15) is 27.7 Å². The molecule has 0 radical (unpaired) electrons. The minimum atomic E-state index is -1.89. The van der Waals surface area contributed by atoms with Gasteiger partial charge in [0.15, 0.2) is 5.83 Å². The Hall–Kier alpha value is 0.260. The van der Waals surface area contributed by atoms with Crippen LogP contribution in [0.2, 0.25) is 0 Å². The van der Waals surface area contributed by atoms with Gasteiger partial charge in [0, 0.05) is 5.92 Å². The van der Waals surface area contributed by atoms with Gasteiger partial charge < -0.3 is 0 Å². The molecule has 0 aromatic carbocycles. The Balaban J connectivity index is 4.78. The van der Waals surface area contributed by atoms with Crippen molar-refractivity contribution in [3.05, 3.63) is 11.7 Å². The summed E-state index contributed by atoms with van der Waals surface area (Å²) in [6.45, 7) is 6.90. The molecule has 0 aliphatic carbocycles. The zero-order chi connectivity index (χ0) is 10.8. The van der Waals surface area contributed by atoms with Crippen LogP contribution >= 0.6 is 22.6 Å². The van der Waals surface area contributed by atoms with E-state index < -0.39 is 27.2 Å². The van der Waals surface area contributed by atoms with Crippen molar-refractivity contribution in [1.82, 2.24) is 0 Å². The number of halogens is 4. The van der Waals surface area contributed by atoms with E-state index >= 15 is 0 Å². The quantitative estimate of drug-likeness (QED) is 0.518. The molecule has 0 spiro atoms. The second-order valence-electron chi connectivity index (χ2n) is 4.08. The lowest BCUT2D eigenvalue weighted by atomic mass is 9.81. The standard InChI is InChI=1S/C9H14F3I/c1-5(9(2,3)4)6(10)7(11)8(12)13/h5,8H,1-4H3/b7-6-. The molecule has 0 bridgehead atoms. The van der Waals surface area contributed by atoms with Crippen LogP contribution in [0, 0.1) is 11.3 Å². The van der Waals surface area contributed by atoms with Gasteiger partial charge in [-0.2, -0.15) is 0 Å². The van der Waals surface area contributed by atoms with E-state index in [-0.39, 0.29) is 0 Å². The number of hydrogen-bond donors (Lipinski definition) is 0. The molecule has 0 rings (SSSR count). The number of alkyl halides is 2. The van der Waals surface area contributed by atoms with E-state index in [4.69, 9.17) is 0 Å². The lowest BCUT2D eigenvalue weighted by molar-refractivity contribution is 0.247. The Kier molecular flexibility index (Phi) is 4.76. The summed E-state index contributed by atoms with van der Waals surface area (Å²) in [5.74, 6) is -2.88. The van der Waals surface area contributed by atoms with E-state index in [1.54, 1.807) is 27.7 Å². The molecular formula is C9H14F3I. The molecular weight excluding hydrogens is 292 g/mol. The Morgan fingerprint density at radius 2 is 1.54 bits per heavy atom. The minimum absolute atomic E-state index is 0.396. The van der Waals surface area contributed by atoms with E-state index in [1.807, 2.05) is 0 Å². The van der Waals surface area contributed by atoms with Crippen LogP contribution in [-0.2, 0) is 0 Å². The van der Waals surface area contributed by atoms with Crippen molar-refractivity contribution in [1.29, 1.82) is 0 Å². The first-order valence-corrected chi connectivity index (χ1v) is 5.25. The van der Waals surface area contributed by atoms with Crippen molar-refractivity contribution in [3.8, 4) is 0 Å². The molecule has 0 saturated carbocycles. The molecule has 0 N–H and O–H groups in total. The maximum atomic E-state index is 13.2. The normalized spacial score (nSPS) is 19.4. The van der Waals surface area contributed by atoms with Gasteiger partial charge in [-0.1, -0.05) is 27.7 Å². The van der Waals surface area contributed by atoms with Crippen LogP contribution in [0.25, 0.3) is 0 Å². The monoisotopic (exact) mass is 306 g/mol. The average Bonchev–Trinajstić information content (AvgIpc) is 1.98. The highest BCUT2D eigenvalue weighted by atomic mass is 127. The van der Waals surface area contributed by atoms with Gasteiger partial charge in [0.25, 0.3) is 0 Å². The van der Waals surface area contributed by atoms with Crippen molar-refractivity contribution < 1.29 is 13.2 Å². The molecule has 0 saturated heterocycles. The molecule has 78 valence electrons. The zero-order valence-corrected chi connectivity index (χ0v) is 10.3. The van der Waals surface area contributed by atoms with Crippen LogP contribution in [0.3, 0.4) is 0 Å². The Morgan fingerprint density at radius 3 is 1.77 bits per heavy atom. The average molecular weight is 306 g/mol. The maximum Gasteiger partial charge on any atom is 0.204 e. The van der Waals surface area contributed by atoms with Gasteiger partial charge in [0.05, 0.1) is 0 Å². The molecule has 0 amide bonds. The Morgan fingerprint density at radius 1 is 1.15 bits per heavy atom. The van der Waals surface area contributed by atoms with E-state index in [1.165, 1.54) is 22.6 Å². The summed E-state index contributed by atoms with van der Waals surface area (Å²) < 4.78 is 36.5. The second-order valence-corrected chi connectivity index (χ2v) is 5.18.